The molecule has 0 bridgehead atoms. The largest absolute Gasteiger partial charge is 0.481 e. The molecule has 5 nitrogen and oxygen atoms in total. The van der Waals surface area contributed by atoms with Gasteiger partial charge < -0.3 is 4.74 Å². The van der Waals surface area contributed by atoms with Crippen molar-refractivity contribution in [3.63, 3.8) is 0 Å². The Kier molecular flexibility index (Phi) is 4.68. The first-order valence-electron chi connectivity index (χ1n) is 6.45. The lowest BCUT2D eigenvalue weighted by atomic mass is 10.2. The van der Waals surface area contributed by atoms with Gasteiger partial charge in [-0.1, -0.05) is 36.5 Å². The molecule has 0 saturated heterocycles. The van der Waals surface area contributed by atoms with Gasteiger partial charge in [0, 0.05) is 0 Å². The van der Waals surface area contributed by atoms with Gasteiger partial charge in [-0.25, -0.2) is 0 Å². The van der Waals surface area contributed by atoms with Gasteiger partial charge in [0.25, 0.3) is 5.91 Å². The third kappa shape index (κ3) is 3.54. The number of hydrogen-bond acceptors (Lipinski definition) is 5. The molecule has 1 atom stereocenters. The van der Waals surface area contributed by atoms with Crippen LogP contribution in [0, 0.1) is 6.92 Å². The number of aromatic nitrogens is 2. The number of benzene rings is 1. The number of hydrogen-bond donors (Lipinski definition) is 1. The Balaban J connectivity index is 1.97. The van der Waals surface area contributed by atoms with Crippen LogP contribution >= 0.6 is 11.3 Å². The molecule has 2 aromatic rings. The first-order chi connectivity index (χ1) is 9.60. The Morgan fingerprint density at radius 3 is 2.80 bits per heavy atom. The number of ether oxygens (including phenoxy) is 1. The standard InChI is InChI=1S/C14H17N3O2S/c1-4-12-16-17-14(20-12)15-13(18)10(3)19-11-8-6-5-7-9(11)2/h5-8,10H,4H2,1-3H3,(H,15,17,18)/t10-/m0/s1. The Bertz CT molecular complexity index is 598. The Labute approximate surface area is 122 Å². The summed E-state index contributed by atoms with van der Waals surface area (Å²) in [5, 5.41) is 12.0. The molecule has 0 unspecified atom stereocenters. The minimum Gasteiger partial charge on any atom is -0.481 e. The molecular formula is C14H17N3O2S. The highest BCUT2D eigenvalue weighted by Gasteiger charge is 2.17. The van der Waals surface area contributed by atoms with Gasteiger partial charge in [-0.15, -0.1) is 10.2 Å². The van der Waals surface area contributed by atoms with Gasteiger partial charge in [-0.2, -0.15) is 0 Å². The molecule has 0 spiro atoms. The van der Waals surface area contributed by atoms with E-state index >= 15 is 0 Å². The minimum atomic E-state index is -0.593. The lowest BCUT2D eigenvalue weighted by molar-refractivity contribution is -0.122. The van der Waals surface area contributed by atoms with Crippen LogP contribution in [0.3, 0.4) is 0 Å². The summed E-state index contributed by atoms with van der Waals surface area (Å²) in [6.07, 6.45) is 0.216. The van der Waals surface area contributed by atoms with Crippen LogP contribution in [0.2, 0.25) is 0 Å². The van der Waals surface area contributed by atoms with E-state index in [4.69, 9.17) is 4.74 Å². The quantitative estimate of drug-likeness (QED) is 0.920. The monoisotopic (exact) mass is 291 g/mol. The molecular weight excluding hydrogens is 274 g/mol. The van der Waals surface area contributed by atoms with E-state index in [0.29, 0.717) is 10.9 Å². The summed E-state index contributed by atoms with van der Waals surface area (Å²) in [4.78, 5) is 12.0. The second-order valence-corrected chi connectivity index (χ2v) is 5.43. The third-order valence-corrected chi connectivity index (χ3v) is 3.75. The van der Waals surface area contributed by atoms with Crippen molar-refractivity contribution in [2.45, 2.75) is 33.3 Å². The summed E-state index contributed by atoms with van der Waals surface area (Å²) in [5.41, 5.74) is 0.997. The Morgan fingerprint density at radius 1 is 1.40 bits per heavy atom. The molecule has 1 heterocycles. The molecule has 0 radical (unpaired) electrons. The van der Waals surface area contributed by atoms with Crippen LogP contribution in [0.4, 0.5) is 5.13 Å². The average Bonchev–Trinajstić information content (AvgIpc) is 2.89. The van der Waals surface area contributed by atoms with Crippen molar-refractivity contribution in [3.8, 4) is 5.75 Å². The van der Waals surface area contributed by atoms with E-state index in [0.717, 1.165) is 17.0 Å². The number of carbonyl (C=O) groups excluding carboxylic acids is 1. The van der Waals surface area contributed by atoms with E-state index in [1.807, 2.05) is 38.1 Å². The van der Waals surface area contributed by atoms with Crippen molar-refractivity contribution < 1.29 is 9.53 Å². The third-order valence-electron chi connectivity index (χ3n) is 2.77. The average molecular weight is 291 g/mol. The number of nitrogens with zero attached hydrogens (tertiary/aromatic N) is 2. The zero-order valence-corrected chi connectivity index (χ0v) is 12.5. The molecule has 6 heteroatoms. The fourth-order valence-electron chi connectivity index (χ4n) is 1.59. The molecule has 0 fully saturated rings. The maximum atomic E-state index is 12.0. The molecule has 1 aromatic carbocycles. The molecule has 0 aliphatic carbocycles. The summed E-state index contributed by atoms with van der Waals surface area (Å²) in [5.74, 6) is 0.480. The number of aryl methyl sites for hydroxylation is 2. The van der Waals surface area contributed by atoms with Crippen LogP contribution in [0.5, 0.6) is 5.75 Å². The molecule has 2 rings (SSSR count). The maximum absolute atomic E-state index is 12.0. The van der Waals surface area contributed by atoms with Crippen LogP contribution < -0.4 is 10.1 Å². The van der Waals surface area contributed by atoms with Gasteiger partial charge in [0.05, 0.1) is 0 Å². The summed E-state index contributed by atoms with van der Waals surface area (Å²) in [7, 11) is 0. The molecule has 20 heavy (non-hydrogen) atoms. The summed E-state index contributed by atoms with van der Waals surface area (Å²) in [6.45, 7) is 5.65. The van der Waals surface area contributed by atoms with Crippen LogP contribution in [0.1, 0.15) is 24.4 Å². The van der Waals surface area contributed by atoms with Gasteiger partial charge in [0.2, 0.25) is 5.13 Å². The molecule has 0 saturated carbocycles. The van der Waals surface area contributed by atoms with Crippen molar-refractivity contribution in [2.24, 2.45) is 0 Å². The molecule has 1 N–H and O–H groups in total. The number of rotatable bonds is 5. The Morgan fingerprint density at radius 2 is 2.15 bits per heavy atom. The molecule has 106 valence electrons. The van der Waals surface area contributed by atoms with Crippen molar-refractivity contribution >= 4 is 22.4 Å². The SMILES string of the molecule is CCc1nnc(NC(=O)[C@H](C)Oc2ccccc2C)s1. The predicted molar refractivity (Wildman–Crippen MR) is 79.2 cm³/mol. The number of nitrogens with one attached hydrogen (secondary N) is 1. The van der Waals surface area contributed by atoms with Gasteiger partial charge >= 0.3 is 0 Å². The summed E-state index contributed by atoms with van der Waals surface area (Å²) in [6, 6.07) is 7.60. The highest BCUT2D eigenvalue weighted by molar-refractivity contribution is 7.15. The van der Waals surface area contributed by atoms with Gasteiger partial charge in [0.15, 0.2) is 6.10 Å². The highest BCUT2D eigenvalue weighted by Crippen LogP contribution is 2.19. The molecule has 0 aliphatic heterocycles. The lowest BCUT2D eigenvalue weighted by Crippen LogP contribution is -2.30. The fraction of sp³-hybridized carbons (Fsp3) is 0.357. The summed E-state index contributed by atoms with van der Waals surface area (Å²) >= 11 is 1.38. The van der Waals surface area contributed by atoms with Crippen LogP contribution in [-0.4, -0.2) is 22.2 Å². The van der Waals surface area contributed by atoms with E-state index < -0.39 is 6.10 Å². The molecule has 1 amide bonds. The molecule has 0 aliphatic rings. The first kappa shape index (κ1) is 14.5. The van der Waals surface area contributed by atoms with Crippen molar-refractivity contribution in [2.75, 3.05) is 5.32 Å². The van der Waals surface area contributed by atoms with Gasteiger partial charge in [-0.05, 0) is 31.9 Å². The van der Waals surface area contributed by atoms with E-state index in [-0.39, 0.29) is 5.91 Å². The van der Waals surface area contributed by atoms with E-state index in [1.54, 1.807) is 6.92 Å². The van der Waals surface area contributed by atoms with Crippen molar-refractivity contribution in [3.05, 3.63) is 34.8 Å². The maximum Gasteiger partial charge on any atom is 0.266 e. The smallest absolute Gasteiger partial charge is 0.266 e. The van der Waals surface area contributed by atoms with Crippen LogP contribution in [0.25, 0.3) is 0 Å². The fourth-order valence-corrected chi connectivity index (χ4v) is 2.27. The zero-order valence-electron chi connectivity index (χ0n) is 11.7. The molecule has 1 aromatic heterocycles. The van der Waals surface area contributed by atoms with E-state index in [2.05, 4.69) is 15.5 Å². The van der Waals surface area contributed by atoms with E-state index in [1.165, 1.54) is 11.3 Å². The second kappa shape index (κ2) is 6.47. The topological polar surface area (TPSA) is 64.1 Å². The van der Waals surface area contributed by atoms with Gasteiger partial charge in [-0.3, -0.25) is 10.1 Å². The zero-order chi connectivity index (χ0) is 14.5. The van der Waals surface area contributed by atoms with Crippen molar-refractivity contribution in [1.29, 1.82) is 0 Å². The number of anilines is 1. The van der Waals surface area contributed by atoms with E-state index in [9.17, 15) is 4.79 Å². The minimum absolute atomic E-state index is 0.230. The van der Waals surface area contributed by atoms with Crippen molar-refractivity contribution in [1.82, 2.24) is 10.2 Å². The van der Waals surface area contributed by atoms with Gasteiger partial charge in [0.1, 0.15) is 10.8 Å². The number of amides is 1. The first-order valence-corrected chi connectivity index (χ1v) is 7.27. The number of para-hydroxylation sites is 1. The second-order valence-electron chi connectivity index (χ2n) is 4.37. The Hall–Kier alpha value is -1.95. The number of carbonyl (C=O) groups is 1. The van der Waals surface area contributed by atoms with Crippen LogP contribution in [0.15, 0.2) is 24.3 Å². The normalized spacial score (nSPS) is 11.9. The summed E-state index contributed by atoms with van der Waals surface area (Å²) < 4.78 is 5.66. The predicted octanol–water partition coefficient (Wildman–Crippen LogP) is 2.81. The van der Waals surface area contributed by atoms with Crippen LogP contribution in [-0.2, 0) is 11.2 Å². The highest BCUT2D eigenvalue weighted by atomic mass is 32.1. The lowest BCUT2D eigenvalue weighted by Gasteiger charge is -2.15.